The number of hydrogen-bond acceptors (Lipinski definition) is 9. The molecule has 0 unspecified atom stereocenters. The third-order valence-corrected chi connectivity index (χ3v) is 9.56. The summed E-state index contributed by atoms with van der Waals surface area (Å²) in [6.45, 7) is 5.05. The zero-order chi connectivity index (χ0) is 36.3. The molecule has 12 heteroatoms. The molecule has 2 amide bonds. The quantitative estimate of drug-likeness (QED) is 0.105. The third kappa shape index (κ3) is 11.1. The van der Waals surface area contributed by atoms with Gasteiger partial charge >= 0.3 is 19.9 Å². The number of hydrogen-bond donors (Lipinski definition) is 1. The van der Waals surface area contributed by atoms with E-state index in [0.29, 0.717) is 5.75 Å². The molecule has 1 aliphatic rings. The summed E-state index contributed by atoms with van der Waals surface area (Å²) in [4.78, 5) is 42.4. The standard InChI is InChI=1S/C39H43N2O9P/c1-39(2,3)35(40-38(44)49-32-22-14-7-15-23-32)36(42)41-25-33(24-34(41)37(43)46-26-29-16-8-4-9-17-29)50-51(45,47-27-30-18-10-5-11-19-30)48-28-31-20-12-6-13-21-31/h4-23,33-35H,24-28H2,1-3H3,(H,40,44)/t33-,34+,35-/m1/s1. The highest BCUT2D eigenvalue weighted by molar-refractivity contribution is 7.48. The fourth-order valence-electron chi connectivity index (χ4n) is 5.46. The minimum atomic E-state index is -4.27. The fraction of sp³-hybridized carbons (Fsp3) is 0.308. The number of amides is 2. The van der Waals surface area contributed by atoms with Gasteiger partial charge in [0, 0.05) is 13.0 Å². The summed E-state index contributed by atoms with van der Waals surface area (Å²) in [6.07, 6.45) is -1.84. The normalized spacial score (nSPS) is 16.6. The Morgan fingerprint density at radius 1 is 0.745 bits per heavy atom. The molecule has 1 aliphatic heterocycles. The number of phosphoric acid groups is 1. The summed E-state index contributed by atoms with van der Waals surface area (Å²) in [5, 5.41) is 2.69. The van der Waals surface area contributed by atoms with Gasteiger partial charge in [0.1, 0.15) is 24.4 Å². The van der Waals surface area contributed by atoms with E-state index in [9.17, 15) is 18.9 Å². The van der Waals surface area contributed by atoms with Crippen LogP contribution in [0.3, 0.4) is 0 Å². The van der Waals surface area contributed by atoms with E-state index in [0.717, 1.165) is 16.7 Å². The van der Waals surface area contributed by atoms with Gasteiger partial charge in [-0.05, 0) is 34.2 Å². The maximum Gasteiger partial charge on any atom is 0.475 e. The van der Waals surface area contributed by atoms with Gasteiger partial charge in [-0.3, -0.25) is 18.4 Å². The Labute approximate surface area is 298 Å². The summed E-state index contributed by atoms with van der Waals surface area (Å²) in [5.41, 5.74) is 1.45. The predicted octanol–water partition coefficient (Wildman–Crippen LogP) is 7.46. The van der Waals surface area contributed by atoms with Crippen molar-refractivity contribution < 1.29 is 42.0 Å². The first-order valence-corrected chi connectivity index (χ1v) is 18.1. The summed E-state index contributed by atoms with van der Waals surface area (Å²) < 4.78 is 43.1. The van der Waals surface area contributed by atoms with Gasteiger partial charge in [-0.2, -0.15) is 0 Å². The number of likely N-dealkylation sites (tertiary alicyclic amines) is 1. The van der Waals surface area contributed by atoms with E-state index in [2.05, 4.69) is 5.32 Å². The lowest BCUT2D eigenvalue weighted by molar-refractivity contribution is -0.155. The Balaban J connectivity index is 1.37. The molecule has 1 fully saturated rings. The van der Waals surface area contributed by atoms with Gasteiger partial charge < -0.3 is 19.7 Å². The van der Waals surface area contributed by atoms with Crippen molar-refractivity contribution in [3.8, 4) is 5.75 Å². The van der Waals surface area contributed by atoms with Crippen LogP contribution in [0.1, 0.15) is 43.9 Å². The maximum atomic E-state index is 14.4. The molecule has 1 N–H and O–H groups in total. The summed E-state index contributed by atoms with van der Waals surface area (Å²) >= 11 is 0. The Morgan fingerprint density at radius 2 is 1.22 bits per heavy atom. The highest BCUT2D eigenvalue weighted by Crippen LogP contribution is 2.53. The number of phosphoric ester groups is 1. The van der Waals surface area contributed by atoms with E-state index < -0.39 is 49.4 Å². The van der Waals surface area contributed by atoms with E-state index >= 15 is 0 Å². The van der Waals surface area contributed by atoms with Crippen molar-refractivity contribution in [3.05, 3.63) is 138 Å². The second-order valence-electron chi connectivity index (χ2n) is 13.2. The maximum absolute atomic E-state index is 14.4. The highest BCUT2D eigenvalue weighted by Gasteiger charge is 2.48. The van der Waals surface area contributed by atoms with Crippen LogP contribution in [-0.4, -0.2) is 47.6 Å². The number of nitrogens with one attached hydrogen (secondary N) is 1. The molecule has 51 heavy (non-hydrogen) atoms. The molecule has 0 spiro atoms. The van der Waals surface area contributed by atoms with Crippen molar-refractivity contribution in [1.82, 2.24) is 10.2 Å². The third-order valence-electron chi connectivity index (χ3n) is 8.11. The number of nitrogens with zero attached hydrogens (tertiary/aromatic N) is 1. The zero-order valence-corrected chi connectivity index (χ0v) is 29.8. The first kappa shape index (κ1) is 37.5. The van der Waals surface area contributed by atoms with Crippen molar-refractivity contribution in [2.45, 2.75) is 65.2 Å². The first-order valence-electron chi connectivity index (χ1n) is 16.7. The van der Waals surface area contributed by atoms with Gasteiger partial charge in [-0.25, -0.2) is 14.2 Å². The molecule has 0 aliphatic carbocycles. The van der Waals surface area contributed by atoms with E-state index in [4.69, 9.17) is 23.0 Å². The number of para-hydroxylation sites is 1. The van der Waals surface area contributed by atoms with E-state index in [1.807, 2.05) is 91.0 Å². The fourth-order valence-corrected chi connectivity index (χ4v) is 6.79. The van der Waals surface area contributed by atoms with Crippen molar-refractivity contribution >= 4 is 25.8 Å². The Bertz CT molecular complexity index is 1720. The molecule has 0 radical (unpaired) electrons. The van der Waals surface area contributed by atoms with Crippen molar-refractivity contribution in [1.29, 1.82) is 0 Å². The molecule has 0 bridgehead atoms. The van der Waals surface area contributed by atoms with Gasteiger partial charge in [0.15, 0.2) is 0 Å². The second-order valence-corrected chi connectivity index (χ2v) is 14.8. The summed E-state index contributed by atoms with van der Waals surface area (Å²) in [7, 11) is -4.27. The number of rotatable bonds is 14. The minimum absolute atomic E-state index is 0.0209. The number of benzene rings is 4. The van der Waals surface area contributed by atoms with E-state index in [1.165, 1.54) is 4.90 Å². The van der Waals surface area contributed by atoms with Gasteiger partial charge in [0.2, 0.25) is 5.91 Å². The molecule has 5 rings (SSSR count). The van der Waals surface area contributed by atoms with Crippen molar-refractivity contribution in [2.24, 2.45) is 5.41 Å². The topological polar surface area (TPSA) is 130 Å². The van der Waals surface area contributed by atoms with Gasteiger partial charge in [-0.1, -0.05) is 130 Å². The lowest BCUT2D eigenvalue weighted by Gasteiger charge is -2.34. The monoisotopic (exact) mass is 714 g/mol. The second kappa shape index (κ2) is 17.4. The van der Waals surface area contributed by atoms with Gasteiger partial charge in [-0.15, -0.1) is 0 Å². The lowest BCUT2D eigenvalue weighted by Crippen LogP contribution is -2.57. The molecule has 0 aromatic heterocycles. The van der Waals surface area contributed by atoms with E-state index in [-0.39, 0.29) is 32.8 Å². The van der Waals surface area contributed by atoms with Crippen LogP contribution in [0.4, 0.5) is 4.79 Å². The predicted molar refractivity (Wildman–Crippen MR) is 190 cm³/mol. The van der Waals surface area contributed by atoms with Crippen molar-refractivity contribution in [2.75, 3.05) is 6.54 Å². The smallest absolute Gasteiger partial charge is 0.459 e. The average molecular weight is 715 g/mol. The Hall–Kier alpha value is -4.80. The number of esters is 1. The Morgan fingerprint density at radius 3 is 1.71 bits per heavy atom. The molecule has 4 aromatic rings. The molecule has 11 nitrogen and oxygen atoms in total. The molecule has 1 heterocycles. The molecule has 4 aromatic carbocycles. The van der Waals surface area contributed by atoms with Crippen LogP contribution in [0.5, 0.6) is 5.75 Å². The van der Waals surface area contributed by atoms with Crippen LogP contribution in [0.25, 0.3) is 0 Å². The number of carbonyl (C=O) groups excluding carboxylic acids is 3. The lowest BCUT2D eigenvalue weighted by atomic mass is 9.85. The molecule has 1 saturated heterocycles. The highest BCUT2D eigenvalue weighted by atomic mass is 31.2. The first-order chi connectivity index (χ1) is 24.5. The Kier molecular flexibility index (Phi) is 12.8. The van der Waals surface area contributed by atoms with Crippen molar-refractivity contribution in [3.63, 3.8) is 0 Å². The van der Waals surface area contributed by atoms with Crippen LogP contribution in [0.15, 0.2) is 121 Å². The van der Waals surface area contributed by atoms with Crippen LogP contribution in [0.2, 0.25) is 0 Å². The molecule has 3 atom stereocenters. The summed E-state index contributed by atoms with van der Waals surface area (Å²) in [5.74, 6) is -0.942. The van der Waals surface area contributed by atoms with Crippen LogP contribution < -0.4 is 10.1 Å². The molecule has 268 valence electrons. The van der Waals surface area contributed by atoms with E-state index in [1.54, 1.807) is 51.1 Å². The van der Waals surface area contributed by atoms with Gasteiger partial charge in [0.25, 0.3) is 0 Å². The average Bonchev–Trinajstić information content (AvgIpc) is 3.56. The van der Waals surface area contributed by atoms with Crippen LogP contribution in [-0.2, 0) is 52.3 Å². The number of carbonyl (C=O) groups is 3. The largest absolute Gasteiger partial charge is 0.475 e. The molecular weight excluding hydrogens is 671 g/mol. The van der Waals surface area contributed by atoms with Crippen LogP contribution >= 0.6 is 7.82 Å². The minimum Gasteiger partial charge on any atom is -0.459 e. The molecule has 0 saturated carbocycles. The molecular formula is C39H43N2O9P. The summed E-state index contributed by atoms with van der Waals surface area (Å²) in [6, 6.07) is 33.7. The number of ether oxygens (including phenoxy) is 2. The van der Waals surface area contributed by atoms with Gasteiger partial charge in [0.05, 0.1) is 19.3 Å². The van der Waals surface area contributed by atoms with Crippen LogP contribution in [0, 0.1) is 5.41 Å². The SMILES string of the molecule is CC(C)(C)[C@H](NC(=O)Oc1ccccc1)C(=O)N1C[C@H](OP(=O)(OCc2ccccc2)OCc2ccccc2)C[C@H]1C(=O)OCc1ccccc1. The zero-order valence-electron chi connectivity index (χ0n) is 28.9.